The van der Waals surface area contributed by atoms with Gasteiger partial charge in [0.15, 0.2) is 0 Å². The van der Waals surface area contributed by atoms with Crippen LogP contribution in [0.5, 0.6) is 0 Å². The molecule has 0 aliphatic rings. The van der Waals surface area contributed by atoms with E-state index in [1.807, 2.05) is 0 Å². The second-order valence-electron chi connectivity index (χ2n) is 4.43. The average molecular weight is 357 g/mol. The predicted octanol–water partition coefficient (Wildman–Crippen LogP) is 2.36. The summed E-state index contributed by atoms with van der Waals surface area (Å²) in [6.07, 6.45) is 0. The number of carbonyl (C=O) groups is 1. The summed E-state index contributed by atoms with van der Waals surface area (Å²) in [7, 11) is -4.39. The fourth-order valence-electron chi connectivity index (χ4n) is 1.89. The minimum absolute atomic E-state index is 0.0355. The Morgan fingerprint density at radius 3 is 2.39 bits per heavy atom. The summed E-state index contributed by atoms with van der Waals surface area (Å²) >= 11 is 5.68. The largest absolute Gasteiger partial charge is 0.478 e. The first kappa shape index (κ1) is 16.7. The van der Waals surface area contributed by atoms with E-state index in [0.29, 0.717) is 0 Å². The third-order valence-corrected chi connectivity index (χ3v) is 5.06. The number of sulfone groups is 1. The molecule has 0 bridgehead atoms. The van der Waals surface area contributed by atoms with Gasteiger partial charge in [0.1, 0.15) is 4.90 Å². The third kappa shape index (κ3) is 3.10. The van der Waals surface area contributed by atoms with Crippen molar-refractivity contribution < 1.29 is 23.2 Å². The molecule has 0 saturated carbocycles. The van der Waals surface area contributed by atoms with Crippen LogP contribution in [0.2, 0.25) is 5.02 Å². The fraction of sp³-hybridized carbons (Fsp3) is 0. The lowest BCUT2D eigenvalue weighted by Crippen LogP contribution is -2.11. The van der Waals surface area contributed by atoms with Crippen LogP contribution in [0.1, 0.15) is 10.4 Å². The maximum atomic E-state index is 12.7. The second kappa shape index (κ2) is 5.86. The number of nitro benzene ring substituents is 1. The van der Waals surface area contributed by atoms with Gasteiger partial charge in [-0.15, -0.1) is 0 Å². The smallest absolute Gasteiger partial charge is 0.337 e. The van der Waals surface area contributed by atoms with Crippen molar-refractivity contribution in [2.45, 2.75) is 9.79 Å². The zero-order valence-corrected chi connectivity index (χ0v) is 12.8. The van der Waals surface area contributed by atoms with Crippen LogP contribution in [-0.4, -0.2) is 24.4 Å². The molecule has 0 aromatic heterocycles. The Morgan fingerprint density at radius 2 is 1.83 bits per heavy atom. The van der Waals surface area contributed by atoms with E-state index >= 15 is 0 Å². The molecule has 120 valence electrons. The van der Waals surface area contributed by atoms with Crippen LogP contribution in [0.3, 0.4) is 0 Å². The molecule has 0 amide bonds. The molecular weight excluding hydrogens is 348 g/mol. The van der Waals surface area contributed by atoms with Crippen LogP contribution in [0.15, 0.2) is 46.2 Å². The van der Waals surface area contributed by atoms with Gasteiger partial charge in [-0.3, -0.25) is 10.1 Å². The van der Waals surface area contributed by atoms with Gasteiger partial charge in [-0.05, 0) is 24.3 Å². The van der Waals surface area contributed by atoms with Crippen molar-refractivity contribution in [2.75, 3.05) is 5.73 Å². The SMILES string of the molecule is Nc1ccc([N+](=O)[O-])cc1S(=O)(=O)c1ccc(Cl)cc1C(=O)O. The third-order valence-electron chi connectivity index (χ3n) is 2.96. The number of carboxylic acids is 1. The Kier molecular flexibility index (Phi) is 4.26. The van der Waals surface area contributed by atoms with Crippen LogP contribution in [0.25, 0.3) is 0 Å². The van der Waals surface area contributed by atoms with Gasteiger partial charge in [0.25, 0.3) is 5.69 Å². The summed E-state index contributed by atoms with van der Waals surface area (Å²) in [5, 5.41) is 20.0. The highest BCUT2D eigenvalue weighted by Gasteiger charge is 2.28. The second-order valence-corrected chi connectivity index (χ2v) is 6.75. The van der Waals surface area contributed by atoms with Crippen LogP contribution in [0, 0.1) is 10.1 Å². The molecule has 0 fully saturated rings. The Labute approximate surface area is 135 Å². The number of nitrogens with two attached hydrogens (primary N) is 1. The molecule has 0 spiro atoms. The Morgan fingerprint density at radius 1 is 1.17 bits per heavy atom. The summed E-state index contributed by atoms with van der Waals surface area (Å²) < 4.78 is 25.3. The van der Waals surface area contributed by atoms with Crippen LogP contribution in [-0.2, 0) is 9.84 Å². The molecular formula is C13H9ClN2O6S. The standard InChI is InChI=1S/C13H9ClN2O6S/c14-7-1-4-11(9(5-7)13(17)18)23(21,22)12-6-8(16(19)20)2-3-10(12)15/h1-6H,15H2,(H,17,18). The van der Waals surface area contributed by atoms with E-state index in [-0.39, 0.29) is 10.7 Å². The lowest BCUT2D eigenvalue weighted by molar-refractivity contribution is -0.385. The molecule has 0 aliphatic heterocycles. The lowest BCUT2D eigenvalue weighted by Gasteiger charge is -2.10. The van der Waals surface area contributed by atoms with E-state index in [1.54, 1.807) is 0 Å². The maximum Gasteiger partial charge on any atom is 0.337 e. The van der Waals surface area contributed by atoms with Gasteiger partial charge in [-0.25, -0.2) is 13.2 Å². The Hall–Kier alpha value is -2.65. The molecule has 0 aliphatic carbocycles. The monoisotopic (exact) mass is 356 g/mol. The number of halogens is 1. The molecule has 0 saturated heterocycles. The van der Waals surface area contributed by atoms with E-state index in [9.17, 15) is 23.3 Å². The number of nitrogen functional groups attached to an aromatic ring is 1. The number of anilines is 1. The molecule has 3 N–H and O–H groups in total. The molecule has 0 radical (unpaired) electrons. The minimum atomic E-state index is -4.39. The number of nitrogens with zero attached hydrogens (tertiary/aromatic N) is 1. The molecule has 0 atom stereocenters. The van der Waals surface area contributed by atoms with Crippen molar-refractivity contribution in [3.63, 3.8) is 0 Å². The van der Waals surface area contributed by atoms with Crippen LogP contribution in [0.4, 0.5) is 11.4 Å². The van der Waals surface area contributed by atoms with Crippen LogP contribution < -0.4 is 5.73 Å². The number of benzene rings is 2. The van der Waals surface area contributed by atoms with Crippen molar-refractivity contribution >= 4 is 38.8 Å². The number of nitro groups is 1. The molecule has 8 nitrogen and oxygen atoms in total. The van der Waals surface area contributed by atoms with Crippen molar-refractivity contribution in [1.29, 1.82) is 0 Å². The Bertz CT molecular complexity index is 926. The van der Waals surface area contributed by atoms with E-state index in [4.69, 9.17) is 22.4 Å². The quantitative estimate of drug-likeness (QED) is 0.486. The van der Waals surface area contributed by atoms with Crippen molar-refractivity contribution in [2.24, 2.45) is 0 Å². The molecule has 2 aromatic rings. The molecule has 0 unspecified atom stereocenters. The number of non-ortho nitro benzene ring substituents is 1. The Balaban J connectivity index is 2.76. The number of aromatic carboxylic acids is 1. The topological polar surface area (TPSA) is 141 Å². The highest BCUT2D eigenvalue weighted by Crippen LogP contribution is 2.32. The lowest BCUT2D eigenvalue weighted by atomic mass is 10.2. The highest BCUT2D eigenvalue weighted by atomic mass is 35.5. The van der Waals surface area contributed by atoms with E-state index in [2.05, 4.69) is 0 Å². The van der Waals surface area contributed by atoms with E-state index < -0.39 is 41.8 Å². The first-order valence-electron chi connectivity index (χ1n) is 5.96. The number of hydrogen-bond donors (Lipinski definition) is 2. The summed E-state index contributed by atoms with van der Waals surface area (Å²) in [5.74, 6) is -1.50. The van der Waals surface area contributed by atoms with Gasteiger partial charge in [0, 0.05) is 17.2 Å². The number of carboxylic acid groups (broad SMARTS) is 1. The van der Waals surface area contributed by atoms with Gasteiger partial charge in [0.2, 0.25) is 9.84 Å². The molecule has 10 heteroatoms. The molecule has 23 heavy (non-hydrogen) atoms. The summed E-state index contributed by atoms with van der Waals surface area (Å²) in [6.45, 7) is 0. The first-order valence-corrected chi connectivity index (χ1v) is 7.82. The van der Waals surface area contributed by atoms with E-state index in [1.165, 1.54) is 6.07 Å². The summed E-state index contributed by atoms with van der Waals surface area (Å²) in [5.41, 5.74) is 4.32. The summed E-state index contributed by atoms with van der Waals surface area (Å²) in [4.78, 5) is 20.2. The normalized spacial score (nSPS) is 11.2. The number of rotatable bonds is 4. The van der Waals surface area contributed by atoms with Crippen LogP contribution >= 0.6 is 11.6 Å². The van der Waals surface area contributed by atoms with Crippen molar-refractivity contribution in [1.82, 2.24) is 0 Å². The molecule has 0 heterocycles. The van der Waals surface area contributed by atoms with Gasteiger partial charge >= 0.3 is 5.97 Å². The fourth-order valence-corrected chi connectivity index (χ4v) is 3.64. The van der Waals surface area contributed by atoms with Gasteiger partial charge in [-0.2, -0.15) is 0 Å². The van der Waals surface area contributed by atoms with Crippen molar-refractivity contribution in [3.8, 4) is 0 Å². The zero-order chi connectivity index (χ0) is 17.4. The summed E-state index contributed by atoms with van der Waals surface area (Å²) in [6, 6.07) is 6.10. The minimum Gasteiger partial charge on any atom is -0.478 e. The zero-order valence-electron chi connectivity index (χ0n) is 11.3. The van der Waals surface area contributed by atoms with Gasteiger partial charge < -0.3 is 10.8 Å². The first-order chi connectivity index (χ1) is 10.6. The average Bonchev–Trinajstić information content (AvgIpc) is 2.46. The van der Waals surface area contributed by atoms with Gasteiger partial charge in [-0.1, -0.05) is 11.6 Å². The number of hydrogen-bond acceptors (Lipinski definition) is 6. The predicted molar refractivity (Wildman–Crippen MR) is 81.4 cm³/mol. The van der Waals surface area contributed by atoms with E-state index in [0.717, 1.165) is 30.3 Å². The maximum absolute atomic E-state index is 12.7. The molecule has 2 rings (SSSR count). The van der Waals surface area contributed by atoms with Crippen molar-refractivity contribution in [3.05, 3.63) is 57.1 Å². The highest BCUT2D eigenvalue weighted by molar-refractivity contribution is 7.91. The van der Waals surface area contributed by atoms with Gasteiger partial charge in [0.05, 0.1) is 21.1 Å². The molecule has 2 aromatic carbocycles.